The van der Waals surface area contributed by atoms with Crippen LogP contribution in [0.1, 0.15) is 27.7 Å². The molecule has 0 radical (unpaired) electrons. The second-order valence-corrected chi connectivity index (χ2v) is 7.63. The van der Waals surface area contributed by atoms with E-state index in [1.54, 1.807) is 22.7 Å². The first kappa shape index (κ1) is 13.4. The predicted octanol–water partition coefficient (Wildman–Crippen LogP) is 3.78. The summed E-state index contributed by atoms with van der Waals surface area (Å²) in [4.78, 5) is 2.54. The Morgan fingerprint density at radius 2 is 1.63 bits per heavy atom. The van der Waals surface area contributed by atoms with Crippen molar-refractivity contribution in [2.45, 2.75) is 38.9 Å². The molecule has 0 saturated carbocycles. The zero-order valence-electron chi connectivity index (χ0n) is 11.6. The summed E-state index contributed by atoms with van der Waals surface area (Å²) >= 11 is 3.50. The fourth-order valence-corrected chi connectivity index (χ4v) is 3.89. The SMILES string of the molecule is CC1(C)OB(c2ccsc2-c2cccs2)OC1(C)C. The van der Waals surface area contributed by atoms with Crippen molar-refractivity contribution < 1.29 is 9.31 Å². The van der Waals surface area contributed by atoms with Crippen LogP contribution < -0.4 is 5.46 Å². The lowest BCUT2D eigenvalue weighted by molar-refractivity contribution is 0.00578. The first-order chi connectivity index (χ1) is 8.91. The lowest BCUT2D eigenvalue weighted by Gasteiger charge is -2.32. The van der Waals surface area contributed by atoms with Gasteiger partial charge in [-0.3, -0.25) is 0 Å². The normalized spacial score (nSPS) is 20.9. The van der Waals surface area contributed by atoms with Gasteiger partial charge >= 0.3 is 7.12 Å². The second kappa shape index (κ2) is 4.45. The molecule has 0 N–H and O–H groups in total. The minimum Gasteiger partial charge on any atom is -0.399 e. The van der Waals surface area contributed by atoms with Crippen LogP contribution in [0.5, 0.6) is 0 Å². The average molecular weight is 292 g/mol. The summed E-state index contributed by atoms with van der Waals surface area (Å²) in [6.45, 7) is 8.35. The third kappa shape index (κ3) is 2.19. The topological polar surface area (TPSA) is 18.5 Å². The molecule has 5 heteroatoms. The van der Waals surface area contributed by atoms with Crippen molar-refractivity contribution in [1.82, 2.24) is 0 Å². The monoisotopic (exact) mass is 292 g/mol. The van der Waals surface area contributed by atoms with Crippen molar-refractivity contribution in [2.24, 2.45) is 0 Å². The number of rotatable bonds is 2. The van der Waals surface area contributed by atoms with Gasteiger partial charge in [0.1, 0.15) is 0 Å². The maximum Gasteiger partial charge on any atom is 0.496 e. The quantitative estimate of drug-likeness (QED) is 0.784. The van der Waals surface area contributed by atoms with Crippen molar-refractivity contribution in [3.8, 4) is 9.75 Å². The molecule has 2 aromatic rings. The molecular weight excluding hydrogens is 275 g/mol. The molecule has 2 aromatic heterocycles. The fraction of sp³-hybridized carbons (Fsp3) is 0.429. The van der Waals surface area contributed by atoms with Gasteiger partial charge in [0.15, 0.2) is 0 Å². The summed E-state index contributed by atoms with van der Waals surface area (Å²) in [7, 11) is -0.270. The van der Waals surface area contributed by atoms with Gasteiger partial charge in [0.25, 0.3) is 0 Å². The summed E-state index contributed by atoms with van der Waals surface area (Å²) in [6, 6.07) is 6.33. The summed E-state index contributed by atoms with van der Waals surface area (Å²) in [5, 5.41) is 4.21. The van der Waals surface area contributed by atoms with Crippen molar-refractivity contribution >= 4 is 35.3 Å². The van der Waals surface area contributed by atoms with Crippen LogP contribution in [0.15, 0.2) is 29.0 Å². The maximum atomic E-state index is 6.14. The van der Waals surface area contributed by atoms with Crippen LogP contribution in [0, 0.1) is 0 Å². The second-order valence-electron chi connectivity index (χ2n) is 5.77. The van der Waals surface area contributed by atoms with Crippen molar-refractivity contribution in [3.05, 3.63) is 29.0 Å². The molecule has 0 atom stereocenters. The van der Waals surface area contributed by atoms with Crippen molar-refractivity contribution in [2.75, 3.05) is 0 Å². The molecule has 0 unspecified atom stereocenters. The maximum absolute atomic E-state index is 6.14. The molecule has 0 aromatic carbocycles. The smallest absolute Gasteiger partial charge is 0.399 e. The minimum atomic E-state index is -0.285. The molecular formula is C14H17BO2S2. The highest BCUT2D eigenvalue weighted by molar-refractivity contribution is 7.21. The Hall–Kier alpha value is -0.615. The van der Waals surface area contributed by atoms with Gasteiger partial charge in [-0.15, -0.1) is 22.7 Å². The Balaban J connectivity index is 1.96. The molecule has 1 fully saturated rings. The Kier molecular flexibility index (Phi) is 3.13. The molecule has 1 aliphatic heterocycles. The van der Waals surface area contributed by atoms with E-state index < -0.39 is 0 Å². The van der Waals surface area contributed by atoms with E-state index in [-0.39, 0.29) is 18.3 Å². The van der Waals surface area contributed by atoms with E-state index in [1.165, 1.54) is 9.75 Å². The summed E-state index contributed by atoms with van der Waals surface area (Å²) in [6.07, 6.45) is 0. The molecule has 2 nitrogen and oxygen atoms in total. The van der Waals surface area contributed by atoms with E-state index in [1.807, 2.05) is 0 Å². The standard InChI is InChI=1S/C14H17BO2S2/c1-13(2)14(3,4)17-15(16-13)10-7-9-19-12(10)11-6-5-8-18-11/h5-9H,1-4H3. The Bertz CT molecular complexity index is 556. The van der Waals surface area contributed by atoms with Gasteiger partial charge in [-0.25, -0.2) is 0 Å². The van der Waals surface area contributed by atoms with Crippen LogP contribution in [0.25, 0.3) is 9.75 Å². The molecule has 1 aliphatic rings. The molecule has 0 amide bonds. The molecule has 3 heterocycles. The van der Waals surface area contributed by atoms with Gasteiger partial charge in [0.2, 0.25) is 0 Å². The van der Waals surface area contributed by atoms with E-state index in [2.05, 4.69) is 56.7 Å². The molecule has 3 rings (SSSR count). The lowest BCUT2D eigenvalue weighted by atomic mass is 9.79. The van der Waals surface area contributed by atoms with Gasteiger partial charge in [0, 0.05) is 15.2 Å². The minimum absolute atomic E-state index is 0.270. The highest BCUT2D eigenvalue weighted by Crippen LogP contribution is 2.38. The van der Waals surface area contributed by atoms with E-state index >= 15 is 0 Å². The van der Waals surface area contributed by atoms with Crippen LogP contribution in [-0.4, -0.2) is 18.3 Å². The number of hydrogen-bond donors (Lipinski definition) is 0. The van der Waals surface area contributed by atoms with Crippen molar-refractivity contribution in [1.29, 1.82) is 0 Å². The van der Waals surface area contributed by atoms with Gasteiger partial charge in [-0.2, -0.15) is 0 Å². The van der Waals surface area contributed by atoms with E-state index in [0.717, 1.165) is 5.46 Å². The largest absolute Gasteiger partial charge is 0.496 e. The summed E-state index contributed by atoms with van der Waals surface area (Å²) in [5.41, 5.74) is 0.574. The first-order valence-corrected chi connectivity index (χ1v) is 8.13. The first-order valence-electron chi connectivity index (χ1n) is 6.38. The molecule has 100 valence electrons. The Labute approximate surface area is 122 Å². The summed E-state index contributed by atoms with van der Waals surface area (Å²) < 4.78 is 12.3. The van der Waals surface area contributed by atoms with Crippen molar-refractivity contribution in [3.63, 3.8) is 0 Å². The molecule has 0 aliphatic carbocycles. The van der Waals surface area contributed by atoms with E-state index in [4.69, 9.17) is 9.31 Å². The molecule has 19 heavy (non-hydrogen) atoms. The Morgan fingerprint density at radius 3 is 2.21 bits per heavy atom. The average Bonchev–Trinajstić information content (AvgIpc) is 3.00. The number of hydrogen-bond acceptors (Lipinski definition) is 4. The van der Waals surface area contributed by atoms with E-state index in [9.17, 15) is 0 Å². The predicted molar refractivity (Wildman–Crippen MR) is 83.3 cm³/mol. The van der Waals surface area contributed by atoms with Crippen LogP contribution in [-0.2, 0) is 9.31 Å². The van der Waals surface area contributed by atoms with Crippen LogP contribution in [0.3, 0.4) is 0 Å². The number of thiophene rings is 2. The highest BCUT2D eigenvalue weighted by Gasteiger charge is 2.52. The molecule has 0 bridgehead atoms. The highest BCUT2D eigenvalue weighted by atomic mass is 32.1. The van der Waals surface area contributed by atoms with Crippen LogP contribution in [0.2, 0.25) is 0 Å². The zero-order chi connectivity index (χ0) is 13.7. The lowest BCUT2D eigenvalue weighted by Crippen LogP contribution is -2.41. The third-order valence-corrected chi connectivity index (χ3v) is 5.93. The Morgan fingerprint density at radius 1 is 0.947 bits per heavy atom. The summed E-state index contributed by atoms with van der Waals surface area (Å²) in [5.74, 6) is 0. The van der Waals surface area contributed by atoms with Crippen LogP contribution in [0.4, 0.5) is 0 Å². The zero-order valence-corrected chi connectivity index (χ0v) is 13.2. The fourth-order valence-electron chi connectivity index (χ4n) is 2.08. The van der Waals surface area contributed by atoms with Gasteiger partial charge < -0.3 is 9.31 Å². The molecule has 0 spiro atoms. The third-order valence-electron chi connectivity index (χ3n) is 3.95. The van der Waals surface area contributed by atoms with Gasteiger partial charge in [-0.1, -0.05) is 12.1 Å². The van der Waals surface area contributed by atoms with Gasteiger partial charge in [0.05, 0.1) is 11.2 Å². The van der Waals surface area contributed by atoms with E-state index in [0.29, 0.717) is 0 Å². The molecule has 1 saturated heterocycles. The van der Waals surface area contributed by atoms with Crippen LogP contribution >= 0.6 is 22.7 Å². The van der Waals surface area contributed by atoms with Gasteiger partial charge in [-0.05, 0) is 44.5 Å².